The molecule has 4 atom stereocenters. The van der Waals surface area contributed by atoms with Crippen LogP contribution in [0.4, 0.5) is 0 Å². The fraction of sp³-hybridized carbons (Fsp3) is 0.562. The second-order valence-electron chi connectivity index (χ2n) is 6.00. The van der Waals surface area contributed by atoms with Crippen molar-refractivity contribution in [3.63, 3.8) is 0 Å². The van der Waals surface area contributed by atoms with Crippen LogP contribution in [0.3, 0.4) is 0 Å². The number of hydrogen-bond donors (Lipinski definition) is 1. The quantitative estimate of drug-likeness (QED) is 0.932. The van der Waals surface area contributed by atoms with Gasteiger partial charge < -0.3 is 10.0 Å². The van der Waals surface area contributed by atoms with Crippen molar-refractivity contribution in [2.75, 3.05) is 7.05 Å². The summed E-state index contributed by atoms with van der Waals surface area (Å²) in [5.74, 6) is -0.525. The first-order valence-electron chi connectivity index (χ1n) is 7.15. The van der Waals surface area contributed by atoms with Crippen molar-refractivity contribution in [2.24, 2.45) is 11.8 Å². The number of carboxylic acid groups (broad SMARTS) is 1. The topological polar surface area (TPSA) is 40.5 Å². The lowest BCUT2D eigenvalue weighted by atomic mass is 9.77. The van der Waals surface area contributed by atoms with Gasteiger partial charge in [0.1, 0.15) is 0 Å². The molecule has 4 heteroatoms. The van der Waals surface area contributed by atoms with Crippen molar-refractivity contribution < 1.29 is 9.90 Å². The Bertz CT molecular complexity index is 465. The molecule has 1 aromatic carbocycles. The first kappa shape index (κ1) is 15.3. The third-order valence-electron chi connectivity index (χ3n) is 5.06. The second kappa shape index (κ2) is 6.15. The highest BCUT2D eigenvalue weighted by Crippen LogP contribution is 2.42. The lowest BCUT2D eigenvalue weighted by molar-refractivity contribution is -0.147. The number of halogens is 1. The Hall–Kier alpha value is -1.06. The van der Waals surface area contributed by atoms with Gasteiger partial charge in [-0.2, -0.15) is 0 Å². The maximum absolute atomic E-state index is 11.6. The summed E-state index contributed by atoms with van der Waals surface area (Å²) in [6.07, 6.45) is 4.03. The van der Waals surface area contributed by atoms with E-state index in [2.05, 4.69) is 24.1 Å². The molecule has 2 heterocycles. The van der Waals surface area contributed by atoms with Crippen LogP contribution in [0.2, 0.25) is 0 Å². The molecule has 0 aromatic heterocycles. The van der Waals surface area contributed by atoms with Gasteiger partial charge in [-0.05, 0) is 44.2 Å². The predicted octanol–water partition coefficient (Wildman–Crippen LogP) is 2.83. The summed E-state index contributed by atoms with van der Waals surface area (Å²) in [7, 11) is 2.17. The van der Waals surface area contributed by atoms with Gasteiger partial charge in [0.15, 0.2) is 0 Å². The summed E-state index contributed by atoms with van der Waals surface area (Å²) in [5.41, 5.74) is 1.26. The van der Waals surface area contributed by atoms with E-state index in [1.807, 2.05) is 18.2 Å². The van der Waals surface area contributed by atoms with Crippen molar-refractivity contribution in [3.05, 3.63) is 35.9 Å². The molecule has 1 N–H and O–H groups in total. The lowest BCUT2D eigenvalue weighted by Crippen LogP contribution is -2.49. The van der Waals surface area contributed by atoms with Crippen LogP contribution in [0, 0.1) is 11.8 Å². The second-order valence-corrected chi connectivity index (χ2v) is 6.00. The molecule has 2 bridgehead atoms. The zero-order valence-electron chi connectivity index (χ0n) is 11.7. The Morgan fingerprint density at radius 1 is 1.30 bits per heavy atom. The summed E-state index contributed by atoms with van der Waals surface area (Å²) in [6, 6.07) is 11.2. The van der Waals surface area contributed by atoms with Crippen LogP contribution >= 0.6 is 12.4 Å². The molecule has 0 radical (unpaired) electrons. The van der Waals surface area contributed by atoms with Crippen LogP contribution in [0.5, 0.6) is 0 Å². The standard InChI is InChI=1S/C16H21NO2.ClH/c1-17-12-7-8-15(17)13(14(10-12)16(18)19)9-11-5-3-2-4-6-11;/h2-6,12-15H,7-10H2,1H3,(H,18,19);1H/t12-,13-,14+,15+;/m0./s1. The molecule has 0 saturated carbocycles. The molecule has 110 valence electrons. The van der Waals surface area contributed by atoms with Gasteiger partial charge in [-0.25, -0.2) is 0 Å². The molecule has 2 saturated heterocycles. The summed E-state index contributed by atoms with van der Waals surface area (Å²) < 4.78 is 0. The van der Waals surface area contributed by atoms with Crippen LogP contribution in [-0.4, -0.2) is 35.1 Å². The van der Waals surface area contributed by atoms with Crippen LogP contribution in [0.15, 0.2) is 30.3 Å². The van der Waals surface area contributed by atoms with Gasteiger partial charge in [-0.3, -0.25) is 4.79 Å². The number of nitrogens with zero attached hydrogens (tertiary/aromatic N) is 1. The number of hydrogen-bond acceptors (Lipinski definition) is 2. The first-order valence-corrected chi connectivity index (χ1v) is 7.15. The Morgan fingerprint density at radius 2 is 2.00 bits per heavy atom. The maximum atomic E-state index is 11.6. The monoisotopic (exact) mass is 295 g/mol. The van der Waals surface area contributed by atoms with Gasteiger partial charge >= 0.3 is 5.97 Å². The fourth-order valence-corrected chi connectivity index (χ4v) is 4.03. The number of piperidine rings is 1. The van der Waals surface area contributed by atoms with E-state index in [1.165, 1.54) is 5.56 Å². The number of carboxylic acids is 1. The van der Waals surface area contributed by atoms with E-state index < -0.39 is 5.97 Å². The van der Waals surface area contributed by atoms with Crippen LogP contribution < -0.4 is 0 Å². The average molecular weight is 296 g/mol. The average Bonchev–Trinajstić information content (AvgIpc) is 2.65. The molecule has 1 aromatic rings. The van der Waals surface area contributed by atoms with E-state index in [0.29, 0.717) is 12.1 Å². The smallest absolute Gasteiger partial charge is 0.306 e. The van der Waals surface area contributed by atoms with Crippen molar-refractivity contribution in [3.8, 4) is 0 Å². The normalized spacial score (nSPS) is 32.6. The number of aliphatic carboxylic acids is 1. The van der Waals surface area contributed by atoms with Crippen molar-refractivity contribution in [1.82, 2.24) is 4.90 Å². The summed E-state index contributed by atoms with van der Waals surface area (Å²) in [6.45, 7) is 0. The molecule has 0 spiro atoms. The minimum atomic E-state index is -0.606. The summed E-state index contributed by atoms with van der Waals surface area (Å²) in [4.78, 5) is 14.0. The number of carbonyl (C=O) groups is 1. The molecular formula is C16H22ClNO2. The molecule has 2 aliphatic heterocycles. The van der Waals surface area contributed by atoms with Crippen molar-refractivity contribution in [1.29, 1.82) is 0 Å². The van der Waals surface area contributed by atoms with Crippen LogP contribution in [0.25, 0.3) is 0 Å². The highest BCUT2D eigenvalue weighted by Gasteiger charge is 2.47. The summed E-state index contributed by atoms with van der Waals surface area (Å²) in [5, 5.41) is 9.52. The van der Waals surface area contributed by atoms with E-state index >= 15 is 0 Å². The van der Waals surface area contributed by atoms with Crippen LogP contribution in [0.1, 0.15) is 24.8 Å². The maximum Gasteiger partial charge on any atom is 0.306 e. The third kappa shape index (κ3) is 2.70. The van der Waals surface area contributed by atoms with Gasteiger partial charge in [0.05, 0.1) is 5.92 Å². The molecule has 0 aliphatic carbocycles. The van der Waals surface area contributed by atoms with E-state index in [0.717, 1.165) is 25.7 Å². The first-order chi connectivity index (χ1) is 9.16. The molecule has 2 aliphatic rings. The Balaban J connectivity index is 0.00000147. The largest absolute Gasteiger partial charge is 0.481 e. The minimum Gasteiger partial charge on any atom is -0.481 e. The van der Waals surface area contributed by atoms with E-state index in [1.54, 1.807) is 0 Å². The van der Waals surface area contributed by atoms with Crippen molar-refractivity contribution in [2.45, 2.75) is 37.8 Å². The third-order valence-corrected chi connectivity index (χ3v) is 5.06. The number of rotatable bonds is 3. The molecule has 0 unspecified atom stereocenters. The van der Waals surface area contributed by atoms with E-state index in [4.69, 9.17) is 0 Å². The van der Waals surface area contributed by atoms with Gasteiger partial charge in [0, 0.05) is 12.1 Å². The van der Waals surface area contributed by atoms with Gasteiger partial charge in [-0.15, -0.1) is 12.4 Å². The minimum absolute atomic E-state index is 0. The highest BCUT2D eigenvalue weighted by atomic mass is 35.5. The van der Waals surface area contributed by atoms with Crippen molar-refractivity contribution >= 4 is 18.4 Å². The molecule has 3 nitrogen and oxygen atoms in total. The zero-order valence-corrected chi connectivity index (χ0v) is 12.6. The Morgan fingerprint density at radius 3 is 2.65 bits per heavy atom. The van der Waals surface area contributed by atoms with E-state index in [9.17, 15) is 9.90 Å². The fourth-order valence-electron chi connectivity index (χ4n) is 4.03. The molecule has 0 amide bonds. The highest BCUT2D eigenvalue weighted by molar-refractivity contribution is 5.85. The zero-order chi connectivity index (χ0) is 13.4. The molecule has 20 heavy (non-hydrogen) atoms. The Kier molecular flexibility index (Phi) is 4.71. The van der Waals surface area contributed by atoms with E-state index in [-0.39, 0.29) is 24.2 Å². The Labute approximate surface area is 126 Å². The lowest BCUT2D eigenvalue weighted by Gasteiger charge is -2.41. The predicted molar refractivity (Wildman–Crippen MR) is 81.2 cm³/mol. The van der Waals surface area contributed by atoms with Crippen LogP contribution in [-0.2, 0) is 11.2 Å². The number of fused-ring (bicyclic) bond motifs is 2. The van der Waals surface area contributed by atoms with Gasteiger partial charge in [0.25, 0.3) is 0 Å². The molecule has 2 fully saturated rings. The van der Waals surface area contributed by atoms with Gasteiger partial charge in [-0.1, -0.05) is 30.3 Å². The molecule has 3 rings (SSSR count). The molecular weight excluding hydrogens is 274 g/mol. The summed E-state index contributed by atoms with van der Waals surface area (Å²) >= 11 is 0. The SMILES string of the molecule is CN1[C@H]2CC[C@@H]1[C@@H](Cc1ccccc1)[C@H](C(=O)O)C2.Cl. The number of benzene rings is 1. The van der Waals surface area contributed by atoms with Gasteiger partial charge in [0.2, 0.25) is 0 Å².